The molecular formula is C36H48N2O7. The number of ether oxygens (including phenoxy) is 2. The molecule has 1 aromatic heterocycles. The molecule has 0 radical (unpaired) electrons. The molecule has 2 fully saturated rings. The van der Waals surface area contributed by atoms with Gasteiger partial charge in [0.25, 0.3) is 5.91 Å². The Morgan fingerprint density at radius 1 is 1.02 bits per heavy atom. The molecule has 6 atom stereocenters. The van der Waals surface area contributed by atoms with Crippen LogP contribution in [-0.2, 0) is 39.9 Å². The van der Waals surface area contributed by atoms with E-state index >= 15 is 0 Å². The number of ketones is 2. The quantitative estimate of drug-likeness (QED) is 0.245. The zero-order valence-corrected chi connectivity index (χ0v) is 26.8. The van der Waals surface area contributed by atoms with Crippen molar-refractivity contribution in [1.29, 1.82) is 0 Å². The lowest BCUT2D eigenvalue weighted by Crippen LogP contribution is -2.52. The Morgan fingerprint density at radius 3 is 2.58 bits per heavy atom. The zero-order chi connectivity index (χ0) is 32.3. The van der Waals surface area contributed by atoms with Crippen molar-refractivity contribution in [2.45, 2.75) is 103 Å². The van der Waals surface area contributed by atoms with Crippen molar-refractivity contribution in [3.05, 3.63) is 54.4 Å². The minimum absolute atomic E-state index is 0.0842. The highest BCUT2D eigenvalue weighted by molar-refractivity contribution is 6.37. The van der Waals surface area contributed by atoms with E-state index in [0.29, 0.717) is 70.8 Å². The summed E-state index contributed by atoms with van der Waals surface area (Å²) in [5.41, 5.74) is 1.97. The maximum absolute atomic E-state index is 13.7. The van der Waals surface area contributed by atoms with E-state index in [4.69, 9.17) is 9.47 Å². The fourth-order valence-corrected chi connectivity index (χ4v) is 6.78. The van der Waals surface area contributed by atoms with Gasteiger partial charge >= 0.3 is 11.9 Å². The van der Waals surface area contributed by atoms with E-state index in [9.17, 15) is 24.0 Å². The number of hydrogen-bond acceptors (Lipinski definition) is 8. The topological polar surface area (TPSA) is 120 Å². The second-order valence-corrected chi connectivity index (χ2v) is 13.0. The predicted octanol–water partition coefficient (Wildman–Crippen LogP) is 5.36. The van der Waals surface area contributed by atoms with E-state index in [1.54, 1.807) is 18.5 Å². The van der Waals surface area contributed by atoms with Crippen LogP contribution in [0.5, 0.6) is 0 Å². The molecule has 9 heteroatoms. The van der Waals surface area contributed by atoms with Crippen molar-refractivity contribution in [3.63, 3.8) is 0 Å². The first-order valence-electron chi connectivity index (χ1n) is 16.6. The molecule has 2 bridgehead atoms. The molecule has 1 aliphatic carbocycles. The van der Waals surface area contributed by atoms with Gasteiger partial charge in [0.15, 0.2) is 0 Å². The Labute approximate surface area is 266 Å². The third-order valence-corrected chi connectivity index (χ3v) is 9.63. The SMILES string of the molecule is C=CCC1/C=C(\C)CCOC(=O)C2CC[C@@H](C2)C(=O)C(=O)N2CCCC[C@H]2C(=O)OC(CCc2cccnc2)C(C)CCC1=O. The van der Waals surface area contributed by atoms with Gasteiger partial charge in [-0.15, -0.1) is 6.58 Å². The molecular weight excluding hydrogens is 572 g/mol. The van der Waals surface area contributed by atoms with Gasteiger partial charge in [-0.2, -0.15) is 0 Å². The van der Waals surface area contributed by atoms with E-state index in [2.05, 4.69) is 11.6 Å². The van der Waals surface area contributed by atoms with Crippen LogP contribution in [0.4, 0.5) is 0 Å². The number of aryl methyl sites for hydroxylation is 1. The highest BCUT2D eigenvalue weighted by atomic mass is 16.5. The molecule has 1 saturated heterocycles. The van der Waals surface area contributed by atoms with E-state index in [1.165, 1.54) is 4.90 Å². The monoisotopic (exact) mass is 620 g/mol. The molecule has 45 heavy (non-hydrogen) atoms. The average molecular weight is 621 g/mol. The van der Waals surface area contributed by atoms with Gasteiger partial charge in [-0.25, -0.2) is 4.79 Å². The van der Waals surface area contributed by atoms with Gasteiger partial charge < -0.3 is 14.4 Å². The lowest BCUT2D eigenvalue weighted by Gasteiger charge is -2.35. The molecule has 0 N–H and O–H groups in total. The Hall–Kier alpha value is -3.62. The number of Topliss-reactive ketones (excluding diaryl/α,β-unsaturated/α-hetero) is 2. The van der Waals surface area contributed by atoms with Gasteiger partial charge in [0.05, 0.1) is 12.5 Å². The predicted molar refractivity (Wildman–Crippen MR) is 169 cm³/mol. The minimum atomic E-state index is -0.841. The second-order valence-electron chi connectivity index (χ2n) is 13.0. The fourth-order valence-electron chi connectivity index (χ4n) is 6.78. The number of piperidine rings is 1. The molecule has 1 amide bonds. The summed E-state index contributed by atoms with van der Waals surface area (Å²) >= 11 is 0. The first kappa shape index (κ1) is 34.3. The third-order valence-electron chi connectivity index (χ3n) is 9.63. The van der Waals surface area contributed by atoms with Gasteiger partial charge in [-0.3, -0.25) is 24.2 Å². The number of carbonyl (C=O) groups excluding carboxylic acids is 5. The van der Waals surface area contributed by atoms with Crippen molar-refractivity contribution < 1.29 is 33.4 Å². The van der Waals surface area contributed by atoms with Gasteiger partial charge in [0.1, 0.15) is 17.9 Å². The molecule has 244 valence electrons. The number of amides is 1. The minimum Gasteiger partial charge on any atom is -0.465 e. The summed E-state index contributed by atoms with van der Waals surface area (Å²) in [5.74, 6) is -3.45. The summed E-state index contributed by atoms with van der Waals surface area (Å²) in [5, 5.41) is 0. The Kier molecular flexibility index (Phi) is 12.7. The summed E-state index contributed by atoms with van der Waals surface area (Å²) in [6.45, 7) is 8.25. The highest BCUT2D eigenvalue weighted by Crippen LogP contribution is 2.34. The van der Waals surface area contributed by atoms with E-state index in [1.807, 2.05) is 32.1 Å². The number of esters is 2. The molecule has 9 nitrogen and oxygen atoms in total. The number of nitrogens with zero attached hydrogens (tertiary/aromatic N) is 2. The van der Waals surface area contributed by atoms with Crippen LogP contribution < -0.4 is 0 Å². The Bertz CT molecular complexity index is 1260. The lowest BCUT2D eigenvalue weighted by atomic mass is 9.88. The molecule has 0 spiro atoms. The summed E-state index contributed by atoms with van der Waals surface area (Å²) in [7, 11) is 0. The molecule has 1 aromatic rings. The highest BCUT2D eigenvalue weighted by Gasteiger charge is 2.42. The number of pyridine rings is 1. The van der Waals surface area contributed by atoms with E-state index in [-0.39, 0.29) is 36.6 Å². The van der Waals surface area contributed by atoms with Crippen molar-refractivity contribution in [2.75, 3.05) is 13.2 Å². The van der Waals surface area contributed by atoms with Crippen molar-refractivity contribution in [3.8, 4) is 0 Å². The lowest BCUT2D eigenvalue weighted by molar-refractivity contribution is -0.165. The first-order valence-corrected chi connectivity index (χ1v) is 16.6. The number of hydrogen-bond donors (Lipinski definition) is 0. The Balaban J connectivity index is 1.58. The summed E-state index contributed by atoms with van der Waals surface area (Å²) in [6.07, 6.45) is 12.8. The van der Waals surface area contributed by atoms with Crippen LogP contribution in [0.25, 0.3) is 0 Å². The van der Waals surface area contributed by atoms with Gasteiger partial charge in [-0.1, -0.05) is 30.7 Å². The number of allylic oxidation sites excluding steroid dienone is 2. The van der Waals surface area contributed by atoms with Crippen LogP contribution in [-0.4, -0.2) is 64.6 Å². The number of carbonyl (C=O) groups is 5. The number of fused-ring (bicyclic) bond motifs is 3. The number of cyclic esters (lactones) is 2. The molecule has 3 aliphatic rings. The number of rotatable bonds is 5. The maximum atomic E-state index is 13.7. The van der Waals surface area contributed by atoms with E-state index < -0.39 is 41.6 Å². The third kappa shape index (κ3) is 9.44. The smallest absolute Gasteiger partial charge is 0.329 e. The van der Waals surface area contributed by atoms with Crippen LogP contribution in [0, 0.1) is 23.7 Å². The molecule has 3 heterocycles. The molecule has 4 rings (SSSR count). The van der Waals surface area contributed by atoms with Crippen molar-refractivity contribution >= 4 is 29.4 Å². The molecule has 4 unspecified atom stereocenters. The first-order chi connectivity index (χ1) is 21.7. The normalized spacial score (nSPS) is 30.8. The van der Waals surface area contributed by atoms with Gasteiger partial charge in [0.2, 0.25) is 5.78 Å². The van der Waals surface area contributed by atoms with Crippen LogP contribution in [0.3, 0.4) is 0 Å². The van der Waals surface area contributed by atoms with Crippen molar-refractivity contribution in [2.24, 2.45) is 23.7 Å². The summed E-state index contributed by atoms with van der Waals surface area (Å²) < 4.78 is 11.7. The average Bonchev–Trinajstić information content (AvgIpc) is 3.55. The summed E-state index contributed by atoms with van der Waals surface area (Å²) in [6, 6.07) is 3.00. The molecule has 0 aromatic carbocycles. The van der Waals surface area contributed by atoms with Crippen LogP contribution >= 0.6 is 0 Å². The van der Waals surface area contributed by atoms with E-state index in [0.717, 1.165) is 17.6 Å². The fraction of sp³-hybridized carbons (Fsp3) is 0.611. The largest absolute Gasteiger partial charge is 0.465 e. The Morgan fingerprint density at radius 2 is 1.82 bits per heavy atom. The van der Waals surface area contributed by atoms with Crippen LogP contribution in [0.15, 0.2) is 48.8 Å². The molecule has 2 aliphatic heterocycles. The van der Waals surface area contributed by atoms with Crippen molar-refractivity contribution in [1.82, 2.24) is 9.88 Å². The van der Waals surface area contributed by atoms with Gasteiger partial charge in [-0.05, 0) is 88.7 Å². The summed E-state index contributed by atoms with van der Waals surface area (Å²) in [4.78, 5) is 72.4. The second kappa shape index (κ2) is 16.6. The van der Waals surface area contributed by atoms with Crippen LogP contribution in [0.2, 0.25) is 0 Å². The maximum Gasteiger partial charge on any atom is 0.329 e. The van der Waals surface area contributed by atoms with Gasteiger partial charge in [0, 0.05) is 43.6 Å². The number of aromatic nitrogens is 1. The zero-order valence-electron chi connectivity index (χ0n) is 26.8. The van der Waals surface area contributed by atoms with Crippen LogP contribution in [0.1, 0.15) is 90.0 Å². The standard InChI is InChI=1S/C36H48N2O7/c1-4-8-27-21-24(2)17-20-44-35(42)29-14-13-28(22-29)33(40)34(41)38-19-6-5-10-30(38)36(43)45-32(25(3)11-15-31(27)39)16-12-26-9-7-18-37-23-26/h4,7,9,18,21,23,25,27-30,32H,1,5-6,8,10-17,19-20,22H2,2-3H3/b24-21+/t25?,27?,28-,29?,30-,32?/m0/s1. The molecule has 1 saturated carbocycles.